The average Bonchev–Trinajstić information content (AvgIpc) is 2.70. The fraction of sp³-hybridized carbons (Fsp3) is 0.111. The Morgan fingerprint density at radius 1 is 1.46 bits per heavy atom. The SMILES string of the molecule is COc1ncncc1-c1cccs1. The third-order valence-corrected chi connectivity index (χ3v) is 2.56. The second-order valence-corrected chi connectivity index (χ2v) is 3.37. The summed E-state index contributed by atoms with van der Waals surface area (Å²) in [6.07, 6.45) is 3.24. The number of methoxy groups -OCH3 is 1. The summed E-state index contributed by atoms with van der Waals surface area (Å²) in [6.45, 7) is 0. The van der Waals surface area contributed by atoms with Gasteiger partial charge in [0.1, 0.15) is 6.33 Å². The van der Waals surface area contributed by atoms with Crippen molar-refractivity contribution in [3.8, 4) is 16.3 Å². The standard InChI is InChI=1S/C9H8N2OS/c1-12-9-7(5-10-6-11-9)8-3-2-4-13-8/h2-6H,1H3. The molecule has 0 fully saturated rings. The van der Waals surface area contributed by atoms with Crippen molar-refractivity contribution in [1.29, 1.82) is 0 Å². The number of aromatic nitrogens is 2. The van der Waals surface area contributed by atoms with Crippen LogP contribution in [0.15, 0.2) is 30.0 Å². The van der Waals surface area contributed by atoms with E-state index >= 15 is 0 Å². The Labute approximate surface area is 80.0 Å². The summed E-state index contributed by atoms with van der Waals surface area (Å²) in [6, 6.07) is 4.01. The fourth-order valence-electron chi connectivity index (χ4n) is 1.08. The predicted molar refractivity (Wildman–Crippen MR) is 51.9 cm³/mol. The molecule has 0 spiro atoms. The molecule has 66 valence electrons. The van der Waals surface area contributed by atoms with Crippen molar-refractivity contribution in [2.45, 2.75) is 0 Å². The first-order chi connectivity index (χ1) is 6.42. The lowest BCUT2D eigenvalue weighted by molar-refractivity contribution is 0.399. The minimum absolute atomic E-state index is 0.623. The Hall–Kier alpha value is -1.42. The lowest BCUT2D eigenvalue weighted by Gasteiger charge is -2.02. The molecule has 0 saturated heterocycles. The molecule has 0 saturated carbocycles. The minimum Gasteiger partial charge on any atom is -0.480 e. The van der Waals surface area contributed by atoms with E-state index in [9.17, 15) is 0 Å². The molecule has 2 rings (SSSR count). The highest BCUT2D eigenvalue weighted by Crippen LogP contribution is 2.29. The van der Waals surface area contributed by atoms with E-state index < -0.39 is 0 Å². The van der Waals surface area contributed by atoms with Gasteiger partial charge < -0.3 is 4.74 Å². The molecule has 0 amide bonds. The molecule has 0 atom stereocenters. The van der Waals surface area contributed by atoms with Gasteiger partial charge in [-0.15, -0.1) is 11.3 Å². The summed E-state index contributed by atoms with van der Waals surface area (Å²) < 4.78 is 5.12. The number of ether oxygens (including phenoxy) is 1. The van der Waals surface area contributed by atoms with E-state index in [0.29, 0.717) is 5.88 Å². The Kier molecular flexibility index (Phi) is 2.23. The van der Waals surface area contributed by atoms with Crippen molar-refractivity contribution in [2.24, 2.45) is 0 Å². The summed E-state index contributed by atoms with van der Waals surface area (Å²) in [5.74, 6) is 0.623. The molecule has 0 aliphatic rings. The highest BCUT2D eigenvalue weighted by molar-refractivity contribution is 7.13. The lowest BCUT2D eigenvalue weighted by Crippen LogP contribution is -1.90. The van der Waals surface area contributed by atoms with Gasteiger partial charge in [0.15, 0.2) is 0 Å². The van der Waals surface area contributed by atoms with Crippen LogP contribution in [0.1, 0.15) is 0 Å². The normalized spacial score (nSPS) is 9.92. The number of nitrogens with zero attached hydrogens (tertiary/aromatic N) is 2. The molecular formula is C9H8N2OS. The molecule has 0 aliphatic carbocycles. The molecule has 13 heavy (non-hydrogen) atoms. The summed E-state index contributed by atoms with van der Waals surface area (Å²) in [5, 5.41) is 2.02. The van der Waals surface area contributed by atoms with Crippen LogP contribution in [0.2, 0.25) is 0 Å². The summed E-state index contributed by atoms with van der Waals surface area (Å²) in [5.41, 5.74) is 0.944. The summed E-state index contributed by atoms with van der Waals surface area (Å²) in [7, 11) is 1.61. The first kappa shape index (κ1) is 8.19. The van der Waals surface area contributed by atoms with Gasteiger partial charge in [0, 0.05) is 11.1 Å². The molecule has 2 heterocycles. The smallest absolute Gasteiger partial charge is 0.224 e. The van der Waals surface area contributed by atoms with Gasteiger partial charge in [0.05, 0.1) is 12.7 Å². The van der Waals surface area contributed by atoms with E-state index in [1.165, 1.54) is 6.33 Å². The maximum atomic E-state index is 5.12. The van der Waals surface area contributed by atoms with E-state index in [1.807, 2.05) is 17.5 Å². The summed E-state index contributed by atoms with van der Waals surface area (Å²) in [4.78, 5) is 9.11. The zero-order chi connectivity index (χ0) is 9.10. The lowest BCUT2D eigenvalue weighted by atomic mass is 10.3. The molecule has 0 aromatic carbocycles. The zero-order valence-corrected chi connectivity index (χ0v) is 7.91. The van der Waals surface area contributed by atoms with Crippen molar-refractivity contribution < 1.29 is 4.74 Å². The van der Waals surface area contributed by atoms with Gasteiger partial charge in [-0.3, -0.25) is 0 Å². The maximum Gasteiger partial charge on any atom is 0.224 e. The zero-order valence-electron chi connectivity index (χ0n) is 7.10. The molecule has 4 heteroatoms. The molecule has 0 aliphatic heterocycles. The van der Waals surface area contributed by atoms with Crippen molar-refractivity contribution >= 4 is 11.3 Å². The van der Waals surface area contributed by atoms with Gasteiger partial charge >= 0.3 is 0 Å². The maximum absolute atomic E-state index is 5.12. The van der Waals surface area contributed by atoms with Crippen LogP contribution < -0.4 is 4.74 Å². The van der Waals surface area contributed by atoms with Gasteiger partial charge in [-0.05, 0) is 11.4 Å². The Balaban J connectivity index is 2.51. The topological polar surface area (TPSA) is 35.0 Å². The molecule has 0 radical (unpaired) electrons. The van der Waals surface area contributed by atoms with Crippen molar-refractivity contribution in [3.63, 3.8) is 0 Å². The van der Waals surface area contributed by atoms with Gasteiger partial charge in [-0.25, -0.2) is 9.97 Å². The van der Waals surface area contributed by atoms with Crippen LogP contribution >= 0.6 is 11.3 Å². The van der Waals surface area contributed by atoms with Crippen molar-refractivity contribution in [2.75, 3.05) is 7.11 Å². The van der Waals surface area contributed by atoms with Gasteiger partial charge in [-0.1, -0.05) is 6.07 Å². The average molecular weight is 192 g/mol. The van der Waals surface area contributed by atoms with Crippen molar-refractivity contribution in [3.05, 3.63) is 30.0 Å². The van der Waals surface area contributed by atoms with Crippen molar-refractivity contribution in [1.82, 2.24) is 9.97 Å². The molecule has 2 aromatic rings. The first-order valence-corrected chi connectivity index (χ1v) is 4.67. The second kappa shape index (κ2) is 3.53. The molecular weight excluding hydrogens is 184 g/mol. The van der Waals surface area contributed by atoms with Gasteiger partial charge in [-0.2, -0.15) is 0 Å². The van der Waals surface area contributed by atoms with E-state index in [1.54, 1.807) is 24.6 Å². The van der Waals surface area contributed by atoms with Gasteiger partial charge in [0.2, 0.25) is 5.88 Å². The summed E-state index contributed by atoms with van der Waals surface area (Å²) >= 11 is 1.65. The fourth-order valence-corrected chi connectivity index (χ4v) is 1.81. The van der Waals surface area contributed by atoms with E-state index in [0.717, 1.165) is 10.4 Å². The number of thiophene rings is 1. The molecule has 0 unspecified atom stereocenters. The Morgan fingerprint density at radius 2 is 2.38 bits per heavy atom. The molecule has 2 aromatic heterocycles. The monoisotopic (exact) mass is 192 g/mol. The van der Waals surface area contributed by atoms with Crippen LogP contribution in [0.3, 0.4) is 0 Å². The van der Waals surface area contributed by atoms with Crippen LogP contribution in [-0.2, 0) is 0 Å². The number of hydrogen-bond donors (Lipinski definition) is 0. The van der Waals surface area contributed by atoms with Crippen LogP contribution in [0.25, 0.3) is 10.4 Å². The van der Waals surface area contributed by atoms with Crippen LogP contribution in [-0.4, -0.2) is 17.1 Å². The Bertz CT molecular complexity index is 386. The molecule has 0 bridgehead atoms. The second-order valence-electron chi connectivity index (χ2n) is 2.42. The molecule has 0 N–H and O–H groups in total. The quantitative estimate of drug-likeness (QED) is 0.731. The van der Waals surface area contributed by atoms with E-state index in [2.05, 4.69) is 9.97 Å². The Morgan fingerprint density at radius 3 is 3.08 bits per heavy atom. The van der Waals surface area contributed by atoms with Crippen LogP contribution in [0, 0.1) is 0 Å². The highest BCUT2D eigenvalue weighted by atomic mass is 32.1. The number of hydrogen-bond acceptors (Lipinski definition) is 4. The highest BCUT2D eigenvalue weighted by Gasteiger charge is 2.06. The predicted octanol–water partition coefficient (Wildman–Crippen LogP) is 2.21. The van der Waals surface area contributed by atoms with E-state index in [-0.39, 0.29) is 0 Å². The molecule has 3 nitrogen and oxygen atoms in total. The first-order valence-electron chi connectivity index (χ1n) is 3.79. The minimum atomic E-state index is 0.623. The third-order valence-electron chi connectivity index (χ3n) is 1.66. The third kappa shape index (κ3) is 1.53. The largest absolute Gasteiger partial charge is 0.480 e. The van der Waals surface area contributed by atoms with Crippen LogP contribution in [0.5, 0.6) is 5.88 Å². The number of rotatable bonds is 2. The van der Waals surface area contributed by atoms with E-state index in [4.69, 9.17) is 4.74 Å². The van der Waals surface area contributed by atoms with Gasteiger partial charge in [0.25, 0.3) is 0 Å². The van der Waals surface area contributed by atoms with Crippen LogP contribution in [0.4, 0.5) is 0 Å².